The van der Waals surface area contributed by atoms with E-state index in [0.29, 0.717) is 5.71 Å². The van der Waals surface area contributed by atoms with Gasteiger partial charge in [0.1, 0.15) is 16.7 Å². The lowest BCUT2D eigenvalue weighted by Crippen LogP contribution is -1.86. The Bertz CT molecular complexity index is 3060. The zero-order valence-electron chi connectivity index (χ0n) is 30.3. The van der Waals surface area contributed by atoms with E-state index in [1.807, 2.05) is 24.3 Å². The predicted molar refractivity (Wildman–Crippen MR) is 231 cm³/mol. The molecule has 0 aliphatic carbocycles. The van der Waals surface area contributed by atoms with Crippen LogP contribution >= 0.6 is 0 Å². The lowest BCUT2D eigenvalue weighted by atomic mass is 9.93. The standard InChI is InChI=1S/C53H33NO2/c1-2-21-50-46(19-1)48-32-44(22-24-51(48)55-50)42-17-6-15-40(30-42)38-13-4-11-36(28-38)34-9-3-10-35(27-34)37-12-5-14-39(29-37)41-16-7-18-43(31-41)45-23-25-52-49(33-45)47-20-8-26-54-53(47)56-52/h1-33H. The minimum absolute atomic E-state index is 0.668. The zero-order valence-corrected chi connectivity index (χ0v) is 30.3. The summed E-state index contributed by atoms with van der Waals surface area (Å²) in [6.45, 7) is 0. The van der Waals surface area contributed by atoms with Crippen molar-refractivity contribution in [2.75, 3.05) is 0 Å². The average molecular weight is 716 g/mol. The van der Waals surface area contributed by atoms with Crippen molar-refractivity contribution in [3.63, 3.8) is 0 Å². The summed E-state index contributed by atoms with van der Waals surface area (Å²) >= 11 is 0. The number of hydrogen-bond donors (Lipinski definition) is 0. The Labute approximate surface area is 323 Å². The molecule has 0 fully saturated rings. The molecular weight excluding hydrogens is 683 g/mol. The van der Waals surface area contributed by atoms with Gasteiger partial charge in [0.05, 0.1) is 0 Å². The number of rotatable bonds is 6. The van der Waals surface area contributed by atoms with E-state index in [1.54, 1.807) is 6.20 Å². The second-order valence-electron chi connectivity index (χ2n) is 14.4. The lowest BCUT2D eigenvalue weighted by Gasteiger charge is -2.11. The van der Waals surface area contributed by atoms with E-state index < -0.39 is 0 Å². The third-order valence-corrected chi connectivity index (χ3v) is 10.9. The van der Waals surface area contributed by atoms with Crippen molar-refractivity contribution in [2.45, 2.75) is 0 Å². The third-order valence-electron chi connectivity index (χ3n) is 10.9. The molecule has 3 nitrogen and oxygen atoms in total. The third kappa shape index (κ3) is 5.66. The molecule has 262 valence electrons. The number of nitrogens with zero attached hydrogens (tertiary/aromatic N) is 1. The number of hydrogen-bond acceptors (Lipinski definition) is 3. The normalized spacial score (nSPS) is 11.6. The minimum atomic E-state index is 0.668. The van der Waals surface area contributed by atoms with Gasteiger partial charge in [-0.25, -0.2) is 4.98 Å². The second kappa shape index (κ2) is 13.1. The highest BCUT2D eigenvalue weighted by Gasteiger charge is 2.12. The maximum atomic E-state index is 6.09. The van der Waals surface area contributed by atoms with Crippen LogP contribution in [0.1, 0.15) is 0 Å². The van der Waals surface area contributed by atoms with Crippen molar-refractivity contribution in [2.24, 2.45) is 0 Å². The van der Waals surface area contributed by atoms with E-state index in [-0.39, 0.29) is 0 Å². The van der Waals surface area contributed by atoms with Crippen LogP contribution in [0.25, 0.3) is 111 Å². The van der Waals surface area contributed by atoms with Crippen LogP contribution in [0.3, 0.4) is 0 Å². The summed E-state index contributed by atoms with van der Waals surface area (Å²) in [5.41, 5.74) is 17.4. The summed E-state index contributed by atoms with van der Waals surface area (Å²) in [7, 11) is 0. The van der Waals surface area contributed by atoms with E-state index in [0.717, 1.165) is 49.4 Å². The van der Waals surface area contributed by atoms with Gasteiger partial charge in [0, 0.05) is 27.7 Å². The molecule has 3 heteroatoms. The van der Waals surface area contributed by atoms with Crippen LogP contribution in [0.15, 0.2) is 209 Å². The van der Waals surface area contributed by atoms with Gasteiger partial charge in [0.15, 0.2) is 0 Å². The fourth-order valence-electron chi connectivity index (χ4n) is 8.09. The van der Waals surface area contributed by atoms with Crippen LogP contribution in [0.5, 0.6) is 0 Å². The smallest absolute Gasteiger partial charge is 0.227 e. The first-order valence-electron chi connectivity index (χ1n) is 18.9. The van der Waals surface area contributed by atoms with Gasteiger partial charge in [-0.15, -0.1) is 0 Å². The molecule has 0 aliphatic rings. The van der Waals surface area contributed by atoms with E-state index in [9.17, 15) is 0 Å². The summed E-state index contributed by atoms with van der Waals surface area (Å²) in [6.07, 6.45) is 1.77. The van der Waals surface area contributed by atoms with Gasteiger partial charge < -0.3 is 8.83 Å². The van der Waals surface area contributed by atoms with Crippen molar-refractivity contribution in [1.29, 1.82) is 0 Å². The molecule has 0 atom stereocenters. The Morgan fingerprint density at radius 1 is 0.250 bits per heavy atom. The molecule has 0 saturated carbocycles. The maximum absolute atomic E-state index is 6.09. The molecule has 0 saturated heterocycles. The van der Waals surface area contributed by atoms with E-state index >= 15 is 0 Å². The van der Waals surface area contributed by atoms with Gasteiger partial charge in [0.25, 0.3) is 0 Å². The van der Waals surface area contributed by atoms with Gasteiger partial charge in [0.2, 0.25) is 5.71 Å². The van der Waals surface area contributed by atoms with E-state index in [2.05, 4.69) is 175 Å². The van der Waals surface area contributed by atoms with Crippen LogP contribution in [-0.4, -0.2) is 4.98 Å². The highest BCUT2D eigenvalue weighted by Crippen LogP contribution is 2.37. The molecule has 0 N–H and O–H groups in total. The van der Waals surface area contributed by atoms with Gasteiger partial charge in [-0.3, -0.25) is 0 Å². The predicted octanol–water partition coefficient (Wildman–Crippen LogP) is 14.9. The quantitative estimate of drug-likeness (QED) is 0.172. The number of aromatic nitrogens is 1. The van der Waals surface area contributed by atoms with Gasteiger partial charge in [-0.1, -0.05) is 121 Å². The highest BCUT2D eigenvalue weighted by molar-refractivity contribution is 6.07. The first-order valence-corrected chi connectivity index (χ1v) is 18.9. The molecule has 0 unspecified atom stereocenters. The molecule has 56 heavy (non-hydrogen) atoms. The fourth-order valence-corrected chi connectivity index (χ4v) is 8.09. The molecule has 8 aromatic carbocycles. The summed E-state index contributed by atoms with van der Waals surface area (Å²) in [5.74, 6) is 0. The summed E-state index contributed by atoms with van der Waals surface area (Å²) < 4.78 is 12.1. The van der Waals surface area contributed by atoms with E-state index in [4.69, 9.17) is 8.83 Å². The molecule has 3 aromatic heterocycles. The summed E-state index contributed by atoms with van der Waals surface area (Å²) in [5, 5.41) is 4.39. The molecule has 0 bridgehead atoms. The Morgan fingerprint density at radius 2 is 0.607 bits per heavy atom. The van der Waals surface area contributed by atoms with Crippen molar-refractivity contribution in [3.8, 4) is 66.8 Å². The monoisotopic (exact) mass is 715 g/mol. The van der Waals surface area contributed by atoms with Crippen molar-refractivity contribution in [1.82, 2.24) is 4.98 Å². The Balaban J connectivity index is 0.886. The maximum Gasteiger partial charge on any atom is 0.227 e. The highest BCUT2D eigenvalue weighted by atomic mass is 16.3. The lowest BCUT2D eigenvalue weighted by molar-refractivity contribution is 0.654. The number of furan rings is 2. The molecule has 0 aliphatic heterocycles. The van der Waals surface area contributed by atoms with Gasteiger partial charge >= 0.3 is 0 Å². The van der Waals surface area contributed by atoms with Crippen LogP contribution < -0.4 is 0 Å². The van der Waals surface area contributed by atoms with Crippen LogP contribution in [-0.2, 0) is 0 Å². The Hall–Kier alpha value is -7.49. The first-order chi connectivity index (χ1) is 27.7. The summed E-state index contributed by atoms with van der Waals surface area (Å²) in [4.78, 5) is 4.40. The molecule has 0 radical (unpaired) electrons. The summed E-state index contributed by atoms with van der Waals surface area (Å²) in [6, 6.07) is 69.3. The topological polar surface area (TPSA) is 39.2 Å². The minimum Gasteiger partial charge on any atom is -0.456 e. The van der Waals surface area contributed by atoms with Crippen molar-refractivity contribution < 1.29 is 8.83 Å². The van der Waals surface area contributed by atoms with Crippen molar-refractivity contribution in [3.05, 3.63) is 200 Å². The molecule has 11 aromatic rings. The van der Waals surface area contributed by atoms with Gasteiger partial charge in [-0.2, -0.15) is 0 Å². The number of fused-ring (bicyclic) bond motifs is 6. The first kappa shape index (κ1) is 32.0. The number of para-hydroxylation sites is 1. The SMILES string of the molecule is c1cc(-c2cccc(-c3cccc(-c4ccc5oc6ccccc6c5c4)c3)c2)cc(-c2cccc(-c3cccc(-c4ccc5oc6ncccc6c5c4)c3)c2)c1. The van der Waals surface area contributed by atoms with E-state index in [1.165, 1.54) is 55.6 Å². The largest absolute Gasteiger partial charge is 0.456 e. The number of pyridine rings is 1. The average Bonchev–Trinajstić information content (AvgIpc) is 3.84. The Morgan fingerprint density at radius 3 is 1.07 bits per heavy atom. The molecule has 0 amide bonds. The molecule has 3 heterocycles. The van der Waals surface area contributed by atoms with Gasteiger partial charge in [-0.05, 0) is 140 Å². The van der Waals surface area contributed by atoms with Crippen LogP contribution in [0.2, 0.25) is 0 Å². The second-order valence-corrected chi connectivity index (χ2v) is 14.4. The van der Waals surface area contributed by atoms with Crippen LogP contribution in [0, 0.1) is 0 Å². The molecular formula is C53H33NO2. The zero-order chi connectivity index (χ0) is 37.0. The van der Waals surface area contributed by atoms with Crippen molar-refractivity contribution >= 4 is 44.0 Å². The molecule has 0 spiro atoms. The number of benzene rings is 8. The fraction of sp³-hybridized carbons (Fsp3) is 0. The Kier molecular flexibility index (Phi) is 7.49. The van der Waals surface area contributed by atoms with Crippen LogP contribution in [0.4, 0.5) is 0 Å². The molecule has 11 rings (SSSR count).